The highest BCUT2D eigenvalue weighted by Crippen LogP contribution is 2.22. The van der Waals surface area contributed by atoms with E-state index in [9.17, 15) is 9.59 Å². The molecule has 0 atom stereocenters. The molecule has 1 heterocycles. The Kier molecular flexibility index (Phi) is 7.02. The highest BCUT2D eigenvalue weighted by Gasteiger charge is 2.17. The number of hydrogen-bond acceptors (Lipinski definition) is 5. The zero-order chi connectivity index (χ0) is 17.4. The van der Waals surface area contributed by atoms with E-state index in [1.807, 2.05) is 12.1 Å². The maximum absolute atomic E-state index is 12.3. The lowest BCUT2D eigenvalue weighted by Crippen LogP contribution is -2.44. The molecule has 0 saturated carbocycles. The number of morpholine rings is 1. The Hall–Kier alpha value is -2.12. The minimum Gasteiger partial charge on any atom is -0.495 e. The van der Waals surface area contributed by atoms with Crippen molar-refractivity contribution in [1.82, 2.24) is 9.80 Å². The number of rotatable bonds is 7. The second kappa shape index (κ2) is 9.24. The molecule has 1 aromatic carbocycles. The normalized spacial score (nSPS) is 14.9. The van der Waals surface area contributed by atoms with Crippen LogP contribution in [0.3, 0.4) is 0 Å². The average Bonchev–Trinajstić information content (AvgIpc) is 2.59. The van der Waals surface area contributed by atoms with E-state index in [0.29, 0.717) is 31.2 Å². The van der Waals surface area contributed by atoms with Gasteiger partial charge in [0, 0.05) is 33.1 Å². The van der Waals surface area contributed by atoms with Crippen molar-refractivity contribution in [3.63, 3.8) is 0 Å². The van der Waals surface area contributed by atoms with Crippen molar-refractivity contribution < 1.29 is 19.1 Å². The van der Waals surface area contributed by atoms with E-state index in [1.54, 1.807) is 24.1 Å². The summed E-state index contributed by atoms with van der Waals surface area (Å²) in [5.41, 5.74) is 0.599. The highest BCUT2D eigenvalue weighted by atomic mass is 16.5. The number of amides is 2. The lowest BCUT2D eigenvalue weighted by Gasteiger charge is -2.29. The molecular formula is C17H25N3O4. The third kappa shape index (κ3) is 5.50. The van der Waals surface area contributed by atoms with Gasteiger partial charge in [-0.05, 0) is 12.1 Å². The number of carbonyl (C=O) groups excluding carboxylic acids is 2. The molecule has 2 amide bonds. The molecule has 132 valence electrons. The van der Waals surface area contributed by atoms with Crippen molar-refractivity contribution in [3.8, 4) is 5.75 Å². The summed E-state index contributed by atoms with van der Waals surface area (Å²) in [6.07, 6.45) is 0. The second-order valence-electron chi connectivity index (χ2n) is 5.64. The third-order valence-electron chi connectivity index (χ3n) is 3.95. The second-order valence-corrected chi connectivity index (χ2v) is 5.64. The molecule has 0 aliphatic carbocycles. The standard InChI is InChI=1S/C17H25N3O4/c1-14(21)20(8-7-19-9-11-24-12-10-19)13-17(22)18-15-5-3-4-6-16(15)23-2/h3-6H,7-13H2,1-2H3,(H,18,22). The number of para-hydroxylation sites is 2. The first kappa shape index (κ1) is 18.2. The lowest BCUT2D eigenvalue weighted by molar-refractivity contribution is -0.133. The smallest absolute Gasteiger partial charge is 0.244 e. The number of methoxy groups -OCH3 is 1. The fourth-order valence-corrected chi connectivity index (χ4v) is 2.55. The van der Waals surface area contributed by atoms with Crippen LogP contribution in [0.25, 0.3) is 0 Å². The van der Waals surface area contributed by atoms with E-state index in [2.05, 4.69) is 10.2 Å². The molecule has 1 saturated heterocycles. The van der Waals surface area contributed by atoms with E-state index in [-0.39, 0.29) is 18.4 Å². The SMILES string of the molecule is COc1ccccc1NC(=O)CN(CCN1CCOCC1)C(C)=O. The number of benzene rings is 1. The summed E-state index contributed by atoms with van der Waals surface area (Å²) in [6, 6.07) is 7.19. The fraction of sp³-hybridized carbons (Fsp3) is 0.529. The van der Waals surface area contributed by atoms with E-state index in [0.717, 1.165) is 19.6 Å². The monoisotopic (exact) mass is 335 g/mol. The van der Waals surface area contributed by atoms with Crippen LogP contribution < -0.4 is 10.1 Å². The molecule has 1 N–H and O–H groups in total. The number of ether oxygens (including phenoxy) is 2. The Labute approximate surface area is 142 Å². The summed E-state index contributed by atoms with van der Waals surface area (Å²) >= 11 is 0. The van der Waals surface area contributed by atoms with Gasteiger partial charge in [0.25, 0.3) is 0 Å². The lowest BCUT2D eigenvalue weighted by atomic mass is 10.3. The van der Waals surface area contributed by atoms with Crippen LogP contribution in [0.5, 0.6) is 5.75 Å². The predicted molar refractivity (Wildman–Crippen MR) is 91.1 cm³/mol. The van der Waals surface area contributed by atoms with Gasteiger partial charge in [-0.1, -0.05) is 12.1 Å². The van der Waals surface area contributed by atoms with E-state index < -0.39 is 0 Å². The Morgan fingerprint density at radius 1 is 1.29 bits per heavy atom. The van der Waals surface area contributed by atoms with Gasteiger partial charge in [-0.2, -0.15) is 0 Å². The number of nitrogens with one attached hydrogen (secondary N) is 1. The maximum Gasteiger partial charge on any atom is 0.244 e. The summed E-state index contributed by atoms with van der Waals surface area (Å²) in [4.78, 5) is 27.8. The van der Waals surface area contributed by atoms with Crippen LogP contribution in [0.1, 0.15) is 6.92 Å². The Morgan fingerprint density at radius 2 is 2.00 bits per heavy atom. The van der Waals surface area contributed by atoms with Crippen LogP contribution in [-0.4, -0.2) is 74.7 Å². The largest absolute Gasteiger partial charge is 0.495 e. The van der Waals surface area contributed by atoms with Gasteiger partial charge < -0.3 is 19.7 Å². The van der Waals surface area contributed by atoms with Gasteiger partial charge in [-0.3, -0.25) is 14.5 Å². The quantitative estimate of drug-likeness (QED) is 0.799. The summed E-state index contributed by atoms with van der Waals surface area (Å²) < 4.78 is 10.5. The van der Waals surface area contributed by atoms with Gasteiger partial charge >= 0.3 is 0 Å². The van der Waals surface area contributed by atoms with Crippen molar-refractivity contribution in [3.05, 3.63) is 24.3 Å². The van der Waals surface area contributed by atoms with E-state index in [1.165, 1.54) is 6.92 Å². The predicted octanol–water partition coefficient (Wildman–Crippen LogP) is 0.814. The molecule has 2 rings (SSSR count). The van der Waals surface area contributed by atoms with Crippen molar-refractivity contribution in [2.24, 2.45) is 0 Å². The van der Waals surface area contributed by atoms with Gasteiger partial charge in [-0.25, -0.2) is 0 Å². The van der Waals surface area contributed by atoms with E-state index >= 15 is 0 Å². The first-order valence-electron chi connectivity index (χ1n) is 8.08. The molecule has 0 spiro atoms. The van der Waals surface area contributed by atoms with Crippen LogP contribution in [0, 0.1) is 0 Å². The summed E-state index contributed by atoms with van der Waals surface area (Å²) in [5, 5.41) is 2.79. The number of hydrogen-bond donors (Lipinski definition) is 1. The molecule has 1 fully saturated rings. The molecule has 7 nitrogen and oxygen atoms in total. The van der Waals surface area contributed by atoms with Crippen LogP contribution in [0.4, 0.5) is 5.69 Å². The van der Waals surface area contributed by atoms with Gasteiger partial charge in [0.05, 0.1) is 32.6 Å². The van der Waals surface area contributed by atoms with Crippen LogP contribution in [0.2, 0.25) is 0 Å². The van der Waals surface area contributed by atoms with Crippen LogP contribution in [-0.2, 0) is 14.3 Å². The van der Waals surface area contributed by atoms with Crippen molar-refractivity contribution in [2.75, 3.05) is 58.4 Å². The first-order valence-corrected chi connectivity index (χ1v) is 8.08. The molecule has 1 aliphatic heterocycles. The zero-order valence-electron chi connectivity index (χ0n) is 14.3. The van der Waals surface area contributed by atoms with Gasteiger partial charge in [0.15, 0.2) is 0 Å². The molecule has 7 heteroatoms. The molecule has 0 radical (unpaired) electrons. The minimum absolute atomic E-state index is 0.0255. The molecule has 0 aromatic heterocycles. The molecule has 0 bridgehead atoms. The maximum atomic E-state index is 12.3. The fourth-order valence-electron chi connectivity index (χ4n) is 2.55. The zero-order valence-corrected chi connectivity index (χ0v) is 14.3. The number of carbonyl (C=O) groups is 2. The first-order chi connectivity index (χ1) is 11.6. The Balaban J connectivity index is 1.87. The van der Waals surface area contributed by atoms with E-state index in [4.69, 9.17) is 9.47 Å². The molecular weight excluding hydrogens is 310 g/mol. The van der Waals surface area contributed by atoms with Gasteiger partial charge in [0.2, 0.25) is 11.8 Å². The summed E-state index contributed by atoms with van der Waals surface area (Å²) in [5.74, 6) is 0.239. The van der Waals surface area contributed by atoms with Crippen molar-refractivity contribution in [2.45, 2.75) is 6.92 Å². The minimum atomic E-state index is -0.239. The molecule has 1 aromatic rings. The summed E-state index contributed by atoms with van der Waals surface area (Å²) in [7, 11) is 1.55. The third-order valence-corrected chi connectivity index (χ3v) is 3.95. The van der Waals surface area contributed by atoms with Crippen LogP contribution in [0.15, 0.2) is 24.3 Å². The average molecular weight is 335 g/mol. The topological polar surface area (TPSA) is 71.1 Å². The molecule has 1 aliphatic rings. The highest BCUT2D eigenvalue weighted by molar-refractivity contribution is 5.95. The van der Waals surface area contributed by atoms with Gasteiger partial charge in [-0.15, -0.1) is 0 Å². The number of anilines is 1. The Bertz CT molecular complexity index is 559. The Morgan fingerprint density at radius 3 is 2.67 bits per heavy atom. The molecule has 24 heavy (non-hydrogen) atoms. The van der Waals surface area contributed by atoms with Crippen molar-refractivity contribution >= 4 is 17.5 Å². The van der Waals surface area contributed by atoms with Crippen molar-refractivity contribution in [1.29, 1.82) is 0 Å². The van der Waals surface area contributed by atoms with Gasteiger partial charge in [0.1, 0.15) is 5.75 Å². The number of nitrogens with zero attached hydrogens (tertiary/aromatic N) is 2. The molecule has 0 unspecified atom stereocenters. The summed E-state index contributed by atoms with van der Waals surface area (Å²) in [6.45, 7) is 5.92. The van der Waals surface area contributed by atoms with Crippen LogP contribution >= 0.6 is 0 Å².